The molecule has 1 fully saturated rings. The Bertz CT molecular complexity index is 640. The molecule has 1 atom stereocenters. The van der Waals surface area contributed by atoms with E-state index in [0.717, 1.165) is 0 Å². The summed E-state index contributed by atoms with van der Waals surface area (Å²) in [6.45, 7) is 0.263. The molecule has 0 radical (unpaired) electrons. The third kappa shape index (κ3) is 3.76. The molecule has 1 aliphatic rings. The molecule has 0 bridgehead atoms. The van der Waals surface area contributed by atoms with Crippen LogP contribution < -0.4 is 11.1 Å². The number of aromatic nitrogens is 1. The number of hydrogen-bond donors (Lipinski definition) is 2. The summed E-state index contributed by atoms with van der Waals surface area (Å²) in [5.41, 5.74) is 5.26. The Morgan fingerprint density at radius 2 is 2.42 bits per heavy atom. The Kier molecular flexibility index (Phi) is 4.19. The number of carbonyl (C=O) groups excluding carboxylic acids is 1. The van der Waals surface area contributed by atoms with Crippen molar-refractivity contribution in [3.05, 3.63) is 11.1 Å². The maximum Gasteiger partial charge on any atom is 0.230 e. The van der Waals surface area contributed by atoms with Crippen LogP contribution in [0.4, 0.5) is 5.13 Å². The highest BCUT2D eigenvalue weighted by atomic mass is 32.2. The molecule has 1 aromatic heterocycles. The van der Waals surface area contributed by atoms with E-state index in [1.807, 2.05) is 0 Å². The fourth-order valence-electron chi connectivity index (χ4n) is 1.74. The topological polar surface area (TPSA) is 102 Å². The summed E-state index contributed by atoms with van der Waals surface area (Å²) < 4.78 is 22.6. The molecule has 1 saturated heterocycles. The Hall–Kier alpha value is -1.43. The van der Waals surface area contributed by atoms with Gasteiger partial charge in [-0.25, -0.2) is 13.4 Å². The average Bonchev–Trinajstić information content (AvgIpc) is 2.93. The number of rotatable bonds is 2. The van der Waals surface area contributed by atoms with Crippen molar-refractivity contribution < 1.29 is 13.2 Å². The van der Waals surface area contributed by atoms with Crippen molar-refractivity contribution in [2.45, 2.75) is 6.42 Å². The van der Waals surface area contributed by atoms with Crippen molar-refractivity contribution in [3.63, 3.8) is 0 Å². The van der Waals surface area contributed by atoms with E-state index in [9.17, 15) is 13.2 Å². The number of sulfone groups is 1. The summed E-state index contributed by atoms with van der Waals surface area (Å²) in [5, 5.41) is 3.05. The van der Waals surface area contributed by atoms with Gasteiger partial charge in [0.05, 0.1) is 35.0 Å². The van der Waals surface area contributed by atoms with Crippen LogP contribution in [0.5, 0.6) is 0 Å². The van der Waals surface area contributed by atoms with Gasteiger partial charge in [0.1, 0.15) is 0 Å². The Morgan fingerprint density at radius 3 is 3.05 bits per heavy atom. The second-order valence-electron chi connectivity index (χ2n) is 4.12. The van der Waals surface area contributed by atoms with E-state index in [2.05, 4.69) is 22.1 Å². The van der Waals surface area contributed by atoms with E-state index in [0.29, 0.717) is 16.4 Å². The van der Waals surface area contributed by atoms with Crippen molar-refractivity contribution in [3.8, 4) is 11.8 Å². The van der Waals surface area contributed by atoms with E-state index in [1.54, 1.807) is 6.20 Å². The molecule has 0 aliphatic carbocycles. The highest BCUT2D eigenvalue weighted by molar-refractivity contribution is 7.91. The van der Waals surface area contributed by atoms with Crippen LogP contribution in [0.3, 0.4) is 0 Å². The number of nitrogens with one attached hydrogen (secondary N) is 1. The maximum atomic E-state index is 11.9. The lowest BCUT2D eigenvalue weighted by molar-refractivity contribution is -0.119. The molecular formula is C11H13N3O3S2. The van der Waals surface area contributed by atoms with Gasteiger partial charge < -0.3 is 11.1 Å². The average molecular weight is 299 g/mol. The fourth-order valence-corrected chi connectivity index (χ4v) is 4.17. The minimum Gasteiger partial charge on any atom is -0.320 e. The predicted molar refractivity (Wildman–Crippen MR) is 73.4 cm³/mol. The molecule has 1 amide bonds. The first-order valence-electron chi connectivity index (χ1n) is 5.66. The summed E-state index contributed by atoms with van der Waals surface area (Å²) in [4.78, 5) is 16.6. The Balaban J connectivity index is 1.98. The SMILES string of the molecule is NCC#Cc1cnc(NC(=O)C2CCS(=O)(=O)C2)s1. The molecule has 1 aromatic rings. The van der Waals surface area contributed by atoms with Crippen molar-refractivity contribution in [1.29, 1.82) is 0 Å². The molecule has 2 rings (SSSR count). The Labute approximate surface area is 115 Å². The van der Waals surface area contributed by atoms with Gasteiger partial charge in [-0.05, 0) is 6.42 Å². The minimum absolute atomic E-state index is 0.0793. The zero-order valence-corrected chi connectivity index (χ0v) is 11.7. The molecule has 1 unspecified atom stereocenters. The third-order valence-corrected chi connectivity index (χ3v) is 5.25. The Morgan fingerprint density at radius 1 is 1.63 bits per heavy atom. The lowest BCUT2D eigenvalue weighted by atomic mass is 10.1. The van der Waals surface area contributed by atoms with E-state index < -0.39 is 15.8 Å². The highest BCUT2D eigenvalue weighted by Crippen LogP contribution is 2.22. The first kappa shape index (κ1) is 14.0. The van der Waals surface area contributed by atoms with Crippen LogP contribution in [0.25, 0.3) is 0 Å². The molecule has 2 heterocycles. The normalized spacial score (nSPS) is 20.6. The summed E-state index contributed by atoms with van der Waals surface area (Å²) in [5.74, 6) is 4.73. The molecule has 0 saturated carbocycles. The van der Waals surface area contributed by atoms with E-state index in [-0.39, 0.29) is 24.0 Å². The first-order valence-corrected chi connectivity index (χ1v) is 8.30. The monoisotopic (exact) mass is 299 g/mol. The van der Waals surface area contributed by atoms with Crippen molar-refractivity contribution in [2.75, 3.05) is 23.4 Å². The van der Waals surface area contributed by atoms with Crippen LogP contribution in [-0.2, 0) is 14.6 Å². The smallest absolute Gasteiger partial charge is 0.230 e. The highest BCUT2D eigenvalue weighted by Gasteiger charge is 2.33. The van der Waals surface area contributed by atoms with Gasteiger partial charge in [0.25, 0.3) is 0 Å². The van der Waals surface area contributed by atoms with Gasteiger partial charge in [0.2, 0.25) is 5.91 Å². The number of nitrogens with zero attached hydrogens (tertiary/aromatic N) is 1. The molecule has 102 valence electrons. The van der Waals surface area contributed by atoms with E-state index in [1.165, 1.54) is 11.3 Å². The van der Waals surface area contributed by atoms with Gasteiger partial charge in [-0.15, -0.1) is 0 Å². The van der Waals surface area contributed by atoms with Crippen LogP contribution in [0.1, 0.15) is 11.3 Å². The number of nitrogens with two attached hydrogens (primary N) is 1. The van der Waals surface area contributed by atoms with E-state index in [4.69, 9.17) is 5.73 Å². The van der Waals surface area contributed by atoms with Gasteiger partial charge in [-0.1, -0.05) is 23.2 Å². The first-order chi connectivity index (χ1) is 9.00. The molecule has 19 heavy (non-hydrogen) atoms. The number of anilines is 1. The third-order valence-electron chi connectivity index (χ3n) is 2.65. The molecule has 1 aliphatic heterocycles. The number of thiazole rings is 1. The quantitative estimate of drug-likeness (QED) is 0.738. The van der Waals surface area contributed by atoms with Crippen LogP contribution >= 0.6 is 11.3 Å². The lowest BCUT2D eigenvalue weighted by Gasteiger charge is -2.05. The van der Waals surface area contributed by atoms with E-state index >= 15 is 0 Å². The number of hydrogen-bond acceptors (Lipinski definition) is 6. The van der Waals surface area contributed by atoms with Crippen LogP contribution in [-0.4, -0.2) is 37.4 Å². The number of carbonyl (C=O) groups is 1. The number of amides is 1. The van der Waals surface area contributed by atoms with Crippen LogP contribution in [0, 0.1) is 17.8 Å². The van der Waals surface area contributed by atoms with Gasteiger partial charge in [-0.3, -0.25) is 4.79 Å². The molecule has 8 heteroatoms. The largest absolute Gasteiger partial charge is 0.320 e. The van der Waals surface area contributed by atoms with Crippen molar-refractivity contribution in [1.82, 2.24) is 4.98 Å². The van der Waals surface area contributed by atoms with Gasteiger partial charge >= 0.3 is 0 Å². The zero-order chi connectivity index (χ0) is 13.9. The zero-order valence-electron chi connectivity index (χ0n) is 10.0. The molecule has 0 aromatic carbocycles. The summed E-state index contributed by atoms with van der Waals surface area (Å²) in [6.07, 6.45) is 1.92. The standard InChI is InChI=1S/C11H13N3O3S2/c12-4-1-2-9-6-13-11(18-9)14-10(15)8-3-5-19(16,17)7-8/h6,8H,3-5,7,12H2,(H,13,14,15). The molecule has 6 nitrogen and oxygen atoms in total. The molecule has 0 spiro atoms. The lowest BCUT2D eigenvalue weighted by Crippen LogP contribution is -2.23. The van der Waals surface area contributed by atoms with Crippen LogP contribution in [0.2, 0.25) is 0 Å². The minimum atomic E-state index is -3.05. The van der Waals surface area contributed by atoms with Gasteiger partial charge in [0.15, 0.2) is 15.0 Å². The van der Waals surface area contributed by atoms with Crippen molar-refractivity contribution >= 4 is 32.2 Å². The summed E-state index contributed by atoms with van der Waals surface area (Å²) in [7, 11) is -3.05. The van der Waals surface area contributed by atoms with Gasteiger partial charge in [-0.2, -0.15) is 0 Å². The second kappa shape index (κ2) is 5.69. The summed E-state index contributed by atoms with van der Waals surface area (Å²) in [6, 6.07) is 0. The summed E-state index contributed by atoms with van der Waals surface area (Å²) >= 11 is 1.24. The van der Waals surface area contributed by atoms with Crippen LogP contribution in [0.15, 0.2) is 6.20 Å². The maximum absolute atomic E-state index is 11.9. The second-order valence-corrected chi connectivity index (χ2v) is 7.38. The fraction of sp³-hybridized carbons (Fsp3) is 0.455. The molecular weight excluding hydrogens is 286 g/mol. The van der Waals surface area contributed by atoms with Gasteiger partial charge in [0, 0.05) is 0 Å². The molecule has 3 N–H and O–H groups in total. The predicted octanol–water partition coefficient (Wildman–Crippen LogP) is -0.174. The van der Waals surface area contributed by atoms with Crippen molar-refractivity contribution in [2.24, 2.45) is 11.7 Å².